The van der Waals surface area contributed by atoms with Crippen LogP contribution in [0.5, 0.6) is 0 Å². The van der Waals surface area contributed by atoms with Gasteiger partial charge >= 0.3 is 6.03 Å². The Labute approximate surface area is 124 Å². The molecule has 7 heteroatoms. The molecule has 4 N–H and O–H groups in total. The number of hydrogen-bond donors (Lipinski definition) is 3. The first-order chi connectivity index (χ1) is 9.22. The van der Waals surface area contributed by atoms with Crippen LogP contribution in [0.25, 0.3) is 0 Å². The van der Waals surface area contributed by atoms with Gasteiger partial charge in [0.1, 0.15) is 0 Å². The van der Waals surface area contributed by atoms with Crippen molar-refractivity contribution in [3.63, 3.8) is 0 Å². The number of nitrogens with one attached hydrogen (secondary N) is 2. The van der Waals surface area contributed by atoms with Crippen LogP contribution >= 0.6 is 12.4 Å². The van der Waals surface area contributed by atoms with Gasteiger partial charge in [0.2, 0.25) is 0 Å². The molecule has 1 aliphatic heterocycles. The Balaban J connectivity index is 0.00000200. The molecule has 1 saturated heterocycles. The second-order valence-corrected chi connectivity index (χ2v) is 4.33. The van der Waals surface area contributed by atoms with Crippen LogP contribution in [-0.2, 0) is 0 Å². The standard InChI is InChI=1S/C13H18N4O2.ClH/c14-6-1-7-15-12(18)10-2-4-11(5-3-10)17-9-8-16-13(17)19;/h2-5H,1,6-9,14H2,(H,15,18)(H,16,19);1H. The first kappa shape index (κ1) is 16.3. The number of carbonyl (C=O) groups excluding carboxylic acids is 2. The molecule has 1 aliphatic rings. The third kappa shape index (κ3) is 3.85. The summed E-state index contributed by atoms with van der Waals surface area (Å²) in [6.07, 6.45) is 0.762. The van der Waals surface area contributed by atoms with E-state index in [-0.39, 0.29) is 24.3 Å². The fraction of sp³-hybridized carbons (Fsp3) is 0.385. The Bertz CT molecular complexity index is 464. The first-order valence-corrected chi connectivity index (χ1v) is 6.36. The first-order valence-electron chi connectivity index (χ1n) is 6.36. The van der Waals surface area contributed by atoms with E-state index in [1.165, 1.54) is 0 Å². The molecule has 0 atom stereocenters. The highest BCUT2D eigenvalue weighted by Gasteiger charge is 2.20. The highest BCUT2D eigenvalue weighted by Crippen LogP contribution is 2.17. The van der Waals surface area contributed by atoms with Crippen LogP contribution in [0.2, 0.25) is 0 Å². The molecule has 1 heterocycles. The minimum absolute atomic E-state index is 0. The molecule has 0 aliphatic carbocycles. The predicted molar refractivity (Wildman–Crippen MR) is 80.4 cm³/mol. The third-order valence-corrected chi connectivity index (χ3v) is 2.96. The fourth-order valence-electron chi connectivity index (χ4n) is 1.92. The van der Waals surface area contributed by atoms with Crippen molar-refractivity contribution in [1.82, 2.24) is 10.6 Å². The number of halogens is 1. The molecule has 2 rings (SSSR count). The highest BCUT2D eigenvalue weighted by atomic mass is 35.5. The van der Waals surface area contributed by atoms with Crippen LogP contribution in [0.1, 0.15) is 16.8 Å². The highest BCUT2D eigenvalue weighted by molar-refractivity contribution is 5.96. The van der Waals surface area contributed by atoms with Gasteiger partial charge in [-0.15, -0.1) is 12.4 Å². The average molecular weight is 299 g/mol. The van der Waals surface area contributed by atoms with Gasteiger partial charge < -0.3 is 16.4 Å². The topological polar surface area (TPSA) is 87.5 Å². The lowest BCUT2D eigenvalue weighted by atomic mass is 10.2. The molecule has 110 valence electrons. The molecule has 1 fully saturated rings. The SMILES string of the molecule is Cl.NCCCNC(=O)c1ccc(N2CCNC2=O)cc1. The average Bonchev–Trinajstić information content (AvgIpc) is 2.85. The summed E-state index contributed by atoms with van der Waals surface area (Å²) in [7, 11) is 0. The van der Waals surface area contributed by atoms with Crippen LogP contribution in [0.4, 0.5) is 10.5 Å². The molecule has 0 radical (unpaired) electrons. The van der Waals surface area contributed by atoms with Crippen LogP contribution in [-0.4, -0.2) is 38.1 Å². The molecular formula is C13H19ClN4O2. The summed E-state index contributed by atoms with van der Waals surface area (Å²) >= 11 is 0. The van der Waals surface area contributed by atoms with E-state index in [0.29, 0.717) is 31.7 Å². The number of urea groups is 1. The number of anilines is 1. The number of rotatable bonds is 5. The largest absolute Gasteiger partial charge is 0.352 e. The number of hydrogen-bond acceptors (Lipinski definition) is 3. The van der Waals surface area contributed by atoms with Gasteiger partial charge in [0.05, 0.1) is 0 Å². The van der Waals surface area contributed by atoms with Crippen LogP contribution < -0.4 is 21.3 Å². The van der Waals surface area contributed by atoms with E-state index >= 15 is 0 Å². The zero-order chi connectivity index (χ0) is 13.7. The summed E-state index contributed by atoms with van der Waals surface area (Å²) in [6, 6.07) is 6.91. The van der Waals surface area contributed by atoms with Crippen LogP contribution in [0.15, 0.2) is 24.3 Å². The van der Waals surface area contributed by atoms with E-state index in [2.05, 4.69) is 10.6 Å². The zero-order valence-electron chi connectivity index (χ0n) is 11.1. The smallest absolute Gasteiger partial charge is 0.321 e. The van der Waals surface area contributed by atoms with E-state index in [1.54, 1.807) is 29.2 Å². The van der Waals surface area contributed by atoms with Crippen molar-refractivity contribution in [3.05, 3.63) is 29.8 Å². The zero-order valence-corrected chi connectivity index (χ0v) is 11.9. The van der Waals surface area contributed by atoms with E-state index in [9.17, 15) is 9.59 Å². The minimum atomic E-state index is -0.120. The van der Waals surface area contributed by atoms with Crippen molar-refractivity contribution in [3.8, 4) is 0 Å². The summed E-state index contributed by atoms with van der Waals surface area (Å²) in [5, 5.41) is 5.52. The number of benzene rings is 1. The van der Waals surface area contributed by atoms with Crippen molar-refractivity contribution in [1.29, 1.82) is 0 Å². The minimum Gasteiger partial charge on any atom is -0.352 e. The second kappa shape index (κ2) is 7.72. The lowest BCUT2D eigenvalue weighted by Crippen LogP contribution is -2.28. The van der Waals surface area contributed by atoms with Crippen molar-refractivity contribution < 1.29 is 9.59 Å². The Kier molecular flexibility index (Phi) is 6.27. The molecule has 0 saturated carbocycles. The van der Waals surface area contributed by atoms with Gasteiger partial charge in [-0.25, -0.2) is 4.79 Å². The van der Waals surface area contributed by atoms with Gasteiger partial charge in [-0.05, 0) is 37.2 Å². The van der Waals surface area contributed by atoms with Gasteiger partial charge in [-0.1, -0.05) is 0 Å². The van der Waals surface area contributed by atoms with E-state index < -0.39 is 0 Å². The van der Waals surface area contributed by atoms with Crippen LogP contribution in [0, 0.1) is 0 Å². The summed E-state index contributed by atoms with van der Waals surface area (Å²) in [5.74, 6) is -0.120. The third-order valence-electron chi connectivity index (χ3n) is 2.96. The predicted octanol–water partition coefficient (Wildman–Crippen LogP) is 0.717. The molecule has 1 aromatic rings. The lowest BCUT2D eigenvalue weighted by molar-refractivity contribution is 0.0953. The van der Waals surface area contributed by atoms with Gasteiger partial charge in [-0.3, -0.25) is 9.69 Å². The summed E-state index contributed by atoms with van der Waals surface area (Å²) in [6.45, 7) is 2.44. The Morgan fingerprint density at radius 2 is 2.05 bits per heavy atom. The quantitative estimate of drug-likeness (QED) is 0.700. The van der Waals surface area contributed by atoms with Crippen molar-refractivity contribution in [2.75, 3.05) is 31.1 Å². The monoisotopic (exact) mass is 298 g/mol. The van der Waals surface area contributed by atoms with E-state index in [1.807, 2.05) is 0 Å². The number of nitrogens with zero attached hydrogens (tertiary/aromatic N) is 1. The number of carbonyl (C=O) groups is 2. The molecular weight excluding hydrogens is 280 g/mol. The van der Waals surface area contributed by atoms with E-state index in [4.69, 9.17) is 5.73 Å². The Morgan fingerprint density at radius 1 is 1.35 bits per heavy atom. The van der Waals surface area contributed by atoms with Crippen molar-refractivity contribution in [2.24, 2.45) is 5.73 Å². The lowest BCUT2D eigenvalue weighted by Gasteiger charge is -2.14. The molecule has 0 spiro atoms. The molecule has 6 nitrogen and oxygen atoms in total. The van der Waals surface area contributed by atoms with Gasteiger partial charge in [-0.2, -0.15) is 0 Å². The maximum absolute atomic E-state index is 11.8. The second-order valence-electron chi connectivity index (χ2n) is 4.33. The maximum Gasteiger partial charge on any atom is 0.321 e. The van der Waals surface area contributed by atoms with Gasteiger partial charge in [0.25, 0.3) is 5.91 Å². The fourth-order valence-corrected chi connectivity index (χ4v) is 1.92. The summed E-state index contributed by atoms with van der Waals surface area (Å²) < 4.78 is 0. The van der Waals surface area contributed by atoms with Crippen LogP contribution in [0.3, 0.4) is 0 Å². The summed E-state index contributed by atoms with van der Waals surface area (Å²) in [5.41, 5.74) is 6.74. The molecule has 20 heavy (non-hydrogen) atoms. The molecule has 0 unspecified atom stereocenters. The molecule has 3 amide bonds. The molecule has 0 aromatic heterocycles. The Morgan fingerprint density at radius 3 is 2.60 bits per heavy atom. The number of amides is 3. The normalized spacial score (nSPS) is 13.7. The molecule has 1 aromatic carbocycles. The van der Waals surface area contributed by atoms with Gasteiger partial charge in [0, 0.05) is 30.9 Å². The van der Waals surface area contributed by atoms with Crippen molar-refractivity contribution in [2.45, 2.75) is 6.42 Å². The Hall–Kier alpha value is -1.79. The van der Waals surface area contributed by atoms with Gasteiger partial charge in [0.15, 0.2) is 0 Å². The summed E-state index contributed by atoms with van der Waals surface area (Å²) in [4.78, 5) is 24.9. The van der Waals surface area contributed by atoms with E-state index in [0.717, 1.165) is 12.1 Å². The van der Waals surface area contributed by atoms with Crippen molar-refractivity contribution >= 4 is 30.0 Å². The maximum atomic E-state index is 11.8. The number of nitrogens with two attached hydrogens (primary N) is 1. The molecule has 0 bridgehead atoms.